The van der Waals surface area contributed by atoms with E-state index in [9.17, 15) is 14.0 Å². The lowest BCUT2D eigenvalue weighted by atomic mass is 10.1. The summed E-state index contributed by atoms with van der Waals surface area (Å²) in [5, 5.41) is 6.62. The number of hydrogen-bond donors (Lipinski definition) is 2. The number of aromatic nitrogens is 1. The van der Waals surface area contributed by atoms with Gasteiger partial charge in [0, 0.05) is 31.6 Å². The van der Waals surface area contributed by atoms with Crippen LogP contribution in [0.3, 0.4) is 0 Å². The average Bonchev–Trinajstić information content (AvgIpc) is 3.23. The van der Waals surface area contributed by atoms with Gasteiger partial charge in [0.15, 0.2) is 4.34 Å². The maximum absolute atomic E-state index is 13.4. The van der Waals surface area contributed by atoms with Crippen LogP contribution >= 0.6 is 23.1 Å². The third-order valence-electron chi connectivity index (χ3n) is 5.24. The van der Waals surface area contributed by atoms with Crippen molar-refractivity contribution in [2.75, 3.05) is 32.0 Å². The Bertz CT molecular complexity index is 1140. The summed E-state index contributed by atoms with van der Waals surface area (Å²) in [6, 6.07) is 10.9. The molecule has 1 atom stereocenters. The Morgan fingerprint density at radius 2 is 2.09 bits per heavy atom. The zero-order chi connectivity index (χ0) is 23.2. The number of halogens is 1. The second kappa shape index (κ2) is 11.1. The molecular formula is C23H25FN4O3S2. The highest BCUT2D eigenvalue weighted by atomic mass is 32.2. The molecule has 3 aromatic rings. The van der Waals surface area contributed by atoms with Crippen molar-refractivity contribution in [2.45, 2.75) is 23.4 Å². The lowest BCUT2D eigenvalue weighted by molar-refractivity contribution is -0.120. The molecule has 10 heteroatoms. The number of benzene rings is 2. The Labute approximate surface area is 199 Å². The van der Waals surface area contributed by atoms with Crippen molar-refractivity contribution >= 4 is 45.7 Å². The molecule has 174 valence electrons. The molecule has 7 nitrogen and oxygen atoms in total. The molecule has 33 heavy (non-hydrogen) atoms. The van der Waals surface area contributed by atoms with Crippen LogP contribution in [0.15, 0.2) is 46.1 Å². The second-order valence-corrected chi connectivity index (χ2v) is 9.97. The molecule has 2 amide bonds. The van der Waals surface area contributed by atoms with E-state index in [-0.39, 0.29) is 30.0 Å². The second-order valence-electron chi connectivity index (χ2n) is 7.89. The molecule has 0 saturated carbocycles. The Morgan fingerprint density at radius 1 is 1.27 bits per heavy atom. The van der Waals surface area contributed by atoms with Crippen molar-refractivity contribution < 1.29 is 18.7 Å². The van der Waals surface area contributed by atoms with Crippen LogP contribution in [0.25, 0.3) is 10.8 Å². The first kappa shape index (κ1) is 23.6. The number of nitrogens with zero attached hydrogens (tertiary/aromatic N) is 2. The summed E-state index contributed by atoms with van der Waals surface area (Å²) >= 11 is 2.73. The van der Waals surface area contributed by atoms with E-state index < -0.39 is 5.91 Å². The summed E-state index contributed by atoms with van der Waals surface area (Å²) in [5.41, 5.74) is 6.96. The molecule has 4 rings (SSSR count). The topological polar surface area (TPSA) is 97.5 Å². The van der Waals surface area contributed by atoms with Crippen molar-refractivity contribution in [2.24, 2.45) is 5.73 Å². The molecule has 2 aromatic carbocycles. The zero-order valence-corrected chi connectivity index (χ0v) is 19.6. The first-order valence-electron chi connectivity index (χ1n) is 10.6. The van der Waals surface area contributed by atoms with Crippen LogP contribution in [0.5, 0.6) is 0 Å². The molecule has 3 N–H and O–H groups in total. The van der Waals surface area contributed by atoms with E-state index in [0.29, 0.717) is 18.8 Å². The number of fused-ring (bicyclic) bond motifs is 1. The van der Waals surface area contributed by atoms with E-state index >= 15 is 0 Å². The van der Waals surface area contributed by atoms with E-state index in [0.717, 1.165) is 40.3 Å². The summed E-state index contributed by atoms with van der Waals surface area (Å²) in [7, 11) is 0. The third-order valence-corrected chi connectivity index (χ3v) is 7.31. The predicted molar refractivity (Wildman–Crippen MR) is 128 cm³/mol. The maximum atomic E-state index is 13.4. The number of carbonyl (C=O) groups excluding carboxylic acids is 2. The number of rotatable bonds is 9. The fourth-order valence-electron chi connectivity index (χ4n) is 3.69. The molecule has 0 bridgehead atoms. The van der Waals surface area contributed by atoms with Gasteiger partial charge in [-0.15, -0.1) is 11.3 Å². The average molecular weight is 489 g/mol. The van der Waals surface area contributed by atoms with Gasteiger partial charge in [-0.3, -0.25) is 14.5 Å². The van der Waals surface area contributed by atoms with E-state index in [1.165, 1.54) is 29.2 Å². The Balaban J connectivity index is 1.21. The number of thioether (sulfide) groups is 1. The Morgan fingerprint density at radius 3 is 2.94 bits per heavy atom. The molecule has 1 saturated heterocycles. The van der Waals surface area contributed by atoms with E-state index in [1.54, 1.807) is 17.5 Å². The SMILES string of the molecule is NC(=O)Cc1csc(SCC(=O)NC[C@H]2CN(Cc3ccc4cc(F)ccc4c3)CCO2)n1. The summed E-state index contributed by atoms with van der Waals surface area (Å²) in [6.07, 6.45) is 0.0283. The molecule has 0 radical (unpaired) electrons. The number of thiazole rings is 1. The highest BCUT2D eigenvalue weighted by Gasteiger charge is 2.21. The lowest BCUT2D eigenvalue weighted by Crippen LogP contribution is -2.47. The number of carbonyl (C=O) groups is 2. The molecule has 2 heterocycles. The van der Waals surface area contributed by atoms with Gasteiger partial charge in [-0.25, -0.2) is 9.37 Å². The minimum Gasteiger partial charge on any atom is -0.374 e. The molecule has 1 aromatic heterocycles. The number of ether oxygens (including phenoxy) is 1. The number of amides is 2. The normalized spacial score (nSPS) is 16.7. The quantitative estimate of drug-likeness (QED) is 0.450. The molecule has 0 spiro atoms. The van der Waals surface area contributed by atoms with Gasteiger partial charge in [-0.1, -0.05) is 30.0 Å². The van der Waals surface area contributed by atoms with Gasteiger partial charge in [0.1, 0.15) is 5.82 Å². The van der Waals surface area contributed by atoms with Gasteiger partial charge in [0.2, 0.25) is 11.8 Å². The molecule has 1 aliphatic heterocycles. The first-order valence-corrected chi connectivity index (χ1v) is 12.5. The van der Waals surface area contributed by atoms with Crippen molar-refractivity contribution in [3.63, 3.8) is 0 Å². The van der Waals surface area contributed by atoms with Gasteiger partial charge < -0.3 is 15.8 Å². The van der Waals surface area contributed by atoms with Gasteiger partial charge >= 0.3 is 0 Å². The number of morpholine rings is 1. The van der Waals surface area contributed by atoms with Crippen LogP contribution < -0.4 is 11.1 Å². The summed E-state index contributed by atoms with van der Waals surface area (Å²) in [6.45, 7) is 3.36. The summed E-state index contributed by atoms with van der Waals surface area (Å²) < 4.78 is 19.9. The molecule has 1 aliphatic rings. The number of nitrogens with two attached hydrogens (primary N) is 1. The van der Waals surface area contributed by atoms with Crippen LogP contribution in [0.2, 0.25) is 0 Å². The van der Waals surface area contributed by atoms with Gasteiger partial charge in [0.05, 0.1) is 30.6 Å². The lowest BCUT2D eigenvalue weighted by Gasteiger charge is -2.33. The summed E-state index contributed by atoms with van der Waals surface area (Å²) in [5.74, 6) is -0.495. The molecular weight excluding hydrogens is 463 g/mol. The fourth-order valence-corrected chi connectivity index (χ4v) is 5.37. The third kappa shape index (κ3) is 6.97. The van der Waals surface area contributed by atoms with Crippen molar-refractivity contribution in [1.29, 1.82) is 0 Å². The number of nitrogens with one attached hydrogen (secondary N) is 1. The van der Waals surface area contributed by atoms with Crippen molar-refractivity contribution in [3.8, 4) is 0 Å². The highest BCUT2D eigenvalue weighted by Crippen LogP contribution is 2.23. The monoisotopic (exact) mass is 488 g/mol. The minimum absolute atomic E-state index is 0.0794. The Hall–Kier alpha value is -2.53. The van der Waals surface area contributed by atoms with Crippen LogP contribution in [-0.4, -0.2) is 59.8 Å². The van der Waals surface area contributed by atoms with Crippen molar-refractivity contribution in [3.05, 3.63) is 58.9 Å². The van der Waals surface area contributed by atoms with E-state index in [2.05, 4.69) is 21.3 Å². The molecule has 0 unspecified atom stereocenters. The van der Waals surface area contributed by atoms with Gasteiger partial charge in [0.25, 0.3) is 0 Å². The highest BCUT2D eigenvalue weighted by molar-refractivity contribution is 8.01. The largest absolute Gasteiger partial charge is 0.374 e. The Kier molecular flexibility index (Phi) is 7.92. The predicted octanol–water partition coefficient (Wildman–Crippen LogP) is 2.57. The van der Waals surface area contributed by atoms with Crippen LogP contribution in [0.4, 0.5) is 4.39 Å². The molecule has 1 fully saturated rings. The van der Waals surface area contributed by atoms with E-state index in [1.807, 2.05) is 12.1 Å². The van der Waals surface area contributed by atoms with Crippen LogP contribution in [0.1, 0.15) is 11.3 Å². The maximum Gasteiger partial charge on any atom is 0.230 e. The van der Waals surface area contributed by atoms with Crippen molar-refractivity contribution in [1.82, 2.24) is 15.2 Å². The van der Waals surface area contributed by atoms with Gasteiger partial charge in [-0.05, 0) is 34.5 Å². The summed E-state index contributed by atoms with van der Waals surface area (Å²) in [4.78, 5) is 29.8. The smallest absolute Gasteiger partial charge is 0.230 e. The minimum atomic E-state index is -0.424. The number of hydrogen-bond acceptors (Lipinski definition) is 7. The van der Waals surface area contributed by atoms with E-state index in [4.69, 9.17) is 10.5 Å². The van der Waals surface area contributed by atoms with Gasteiger partial charge in [-0.2, -0.15) is 0 Å². The van der Waals surface area contributed by atoms with Crippen LogP contribution in [-0.2, 0) is 27.3 Å². The number of primary amides is 1. The fraction of sp³-hybridized carbons (Fsp3) is 0.348. The molecule has 0 aliphatic carbocycles. The van der Waals surface area contributed by atoms with Crippen LogP contribution in [0, 0.1) is 5.82 Å². The standard InChI is InChI=1S/C23H25FN4O3S2/c24-18-4-3-16-7-15(1-2-17(16)8-18)11-28-5-6-31-20(12-28)10-26-22(30)14-33-23-27-19(13-32-23)9-21(25)29/h1-4,7-8,13,20H,5-6,9-12,14H2,(H2,25,29)(H,26,30)/t20-/m0/s1. The zero-order valence-electron chi connectivity index (χ0n) is 18.0. The first-order chi connectivity index (χ1) is 15.9.